The number of phenolic OH excluding ortho intramolecular Hbond substituents is 1. The van der Waals surface area contributed by atoms with Gasteiger partial charge in [-0.25, -0.2) is 21.0 Å². The summed E-state index contributed by atoms with van der Waals surface area (Å²) in [6, 6.07) is 11.5. The van der Waals surface area contributed by atoms with Gasteiger partial charge in [0.05, 0.1) is 50.3 Å². The Morgan fingerprint density at radius 2 is 1.21 bits per heavy atom. The normalized spacial score (nSPS) is 13.3. The molecule has 0 radical (unpaired) electrons. The summed E-state index contributed by atoms with van der Waals surface area (Å²) in [4.78, 5) is -5.12. The standard InChI is InChI=1S/C36H34N10O18S6/c1-19(40-42-27-11-5-21(37)15-26(27)38)3-4-20(2)46-66(50,51)23-8-6-22(7-9-23)41-44-29-18-30(67(52,53)54)25-17-32(69(58,59)60)35(36(47)33(25)34(29)39)45-43-28-12-10-24(16-31(28)68(55,56)57)65(48,49)14-13-64-70(61,62)63/h3-12,15-18,46-47H,1-2,13-14,37-39H2,(H,52,53,54)(H,55,56,57)(H,58,59,60)(H,61,62,63)/b4-3-,42-40?,44-41?,45-43?. The van der Waals surface area contributed by atoms with Crippen molar-refractivity contribution in [1.29, 1.82) is 0 Å². The second-order valence-corrected chi connectivity index (χ2v) is 22.8. The Hall–Kier alpha value is -7.12. The molecule has 0 aliphatic carbocycles. The highest BCUT2D eigenvalue weighted by Gasteiger charge is 2.29. The molecule has 70 heavy (non-hydrogen) atoms. The van der Waals surface area contributed by atoms with E-state index in [9.17, 15) is 69.3 Å². The number of nitrogens with zero attached hydrogens (tertiary/aromatic N) is 6. The fourth-order valence-corrected chi connectivity index (χ4v) is 10.2. The van der Waals surface area contributed by atoms with Gasteiger partial charge in [-0.05, 0) is 84.9 Å². The van der Waals surface area contributed by atoms with Crippen molar-refractivity contribution in [3.8, 4) is 5.75 Å². The number of hydrogen-bond donors (Lipinski definition) is 9. The molecule has 34 heteroatoms. The van der Waals surface area contributed by atoms with Gasteiger partial charge in [0.15, 0.2) is 15.6 Å². The number of hydrogen-bond acceptors (Lipinski definition) is 23. The van der Waals surface area contributed by atoms with E-state index in [0.29, 0.717) is 41.7 Å². The molecule has 5 aromatic carbocycles. The molecule has 0 aliphatic rings. The van der Waals surface area contributed by atoms with Crippen LogP contribution in [0.4, 0.5) is 45.5 Å². The van der Waals surface area contributed by atoms with Gasteiger partial charge in [-0.3, -0.25) is 22.9 Å². The minimum atomic E-state index is -5.57. The Morgan fingerprint density at radius 3 is 1.80 bits per heavy atom. The third-order valence-corrected chi connectivity index (χ3v) is 15.0. The van der Waals surface area contributed by atoms with Crippen LogP contribution in [0.3, 0.4) is 0 Å². The number of nitrogens with two attached hydrogens (primary N) is 3. The first-order valence-electron chi connectivity index (χ1n) is 18.3. The molecule has 0 heterocycles. The molecule has 0 saturated carbocycles. The van der Waals surface area contributed by atoms with Gasteiger partial charge in [0.1, 0.15) is 37.4 Å². The summed E-state index contributed by atoms with van der Waals surface area (Å²) in [6.07, 6.45) is 2.55. The van der Waals surface area contributed by atoms with E-state index in [1.165, 1.54) is 24.3 Å². The lowest BCUT2D eigenvalue weighted by atomic mass is 10.0. The first-order valence-corrected chi connectivity index (χ1v) is 27.1. The first-order chi connectivity index (χ1) is 32.2. The Morgan fingerprint density at radius 1 is 0.629 bits per heavy atom. The molecule has 0 fully saturated rings. The van der Waals surface area contributed by atoms with Crippen LogP contribution in [0.2, 0.25) is 0 Å². The quantitative estimate of drug-likeness (QED) is 0.0225. The summed E-state index contributed by atoms with van der Waals surface area (Å²) >= 11 is 0. The summed E-state index contributed by atoms with van der Waals surface area (Å²) in [7, 11) is -30.4. The van der Waals surface area contributed by atoms with Crippen molar-refractivity contribution in [2.24, 2.45) is 30.7 Å². The summed E-state index contributed by atoms with van der Waals surface area (Å²) in [5.41, 5.74) is 15.0. The van der Waals surface area contributed by atoms with E-state index in [1.807, 2.05) is 0 Å². The van der Waals surface area contributed by atoms with E-state index in [2.05, 4.69) is 52.7 Å². The number of nitrogen functional groups attached to an aromatic ring is 3. The molecule has 0 spiro atoms. The average Bonchev–Trinajstić information content (AvgIpc) is 3.22. The number of phenols is 1. The van der Waals surface area contributed by atoms with E-state index in [1.54, 1.807) is 6.07 Å². The van der Waals surface area contributed by atoms with Gasteiger partial charge in [-0.2, -0.15) is 43.9 Å². The molecule has 0 atom stereocenters. The monoisotopic (exact) mass is 1090 g/mol. The second-order valence-electron chi connectivity index (χ2n) is 13.8. The number of fused-ring (bicyclic) bond motifs is 1. The number of allylic oxidation sites excluding steroid dienone is 2. The second kappa shape index (κ2) is 20.1. The van der Waals surface area contributed by atoms with Gasteiger partial charge >= 0.3 is 10.4 Å². The summed E-state index contributed by atoms with van der Waals surface area (Å²) < 4.78 is 193. The first kappa shape index (κ1) is 53.8. The summed E-state index contributed by atoms with van der Waals surface area (Å²) in [5.74, 6) is -2.56. The maximum absolute atomic E-state index is 13.1. The van der Waals surface area contributed by atoms with Crippen LogP contribution in [0.15, 0.2) is 165 Å². The van der Waals surface area contributed by atoms with Crippen molar-refractivity contribution in [3.63, 3.8) is 0 Å². The van der Waals surface area contributed by atoms with Gasteiger partial charge < -0.3 is 22.3 Å². The van der Waals surface area contributed by atoms with Gasteiger partial charge in [0.2, 0.25) is 0 Å². The van der Waals surface area contributed by atoms with E-state index in [-0.39, 0.29) is 27.7 Å². The smallest absolute Gasteiger partial charge is 0.397 e. The van der Waals surface area contributed by atoms with Gasteiger partial charge in [0.25, 0.3) is 40.4 Å². The van der Waals surface area contributed by atoms with Gasteiger partial charge in [-0.1, -0.05) is 13.2 Å². The highest BCUT2D eigenvalue weighted by Crippen LogP contribution is 2.48. The van der Waals surface area contributed by atoms with Crippen molar-refractivity contribution >= 4 is 117 Å². The van der Waals surface area contributed by atoms with E-state index < -0.39 is 132 Å². The van der Waals surface area contributed by atoms with E-state index in [0.717, 1.165) is 24.3 Å². The largest absolute Gasteiger partial charge is 0.505 e. The number of anilines is 3. The number of sulfonamides is 1. The Bertz CT molecular complexity index is 3830. The molecule has 5 rings (SSSR count). The number of azo groups is 3. The minimum Gasteiger partial charge on any atom is -0.505 e. The number of sulfone groups is 1. The predicted octanol–water partition coefficient (Wildman–Crippen LogP) is 5.10. The molecule has 0 aliphatic heterocycles. The SMILES string of the molecule is C=C(/C=C\C(=C)NS(=O)(=O)c1ccc(N=Nc2cc(S(=O)(=O)O)c3cc(S(=O)(=O)O)c(N=Nc4ccc(S(=O)(=O)CCOS(=O)(=O)O)cc4S(=O)(=O)O)c(O)c3c2N)cc1)N=Nc1ccc(N)cc1N. The molecule has 372 valence electrons. The molecule has 0 saturated heterocycles. The van der Waals surface area contributed by atoms with Crippen LogP contribution >= 0.6 is 0 Å². The highest BCUT2D eigenvalue weighted by atomic mass is 32.3. The average molecular weight is 1090 g/mol. The van der Waals surface area contributed by atoms with Crippen LogP contribution in [0.1, 0.15) is 0 Å². The zero-order valence-corrected chi connectivity index (χ0v) is 39.7. The summed E-state index contributed by atoms with van der Waals surface area (Å²) in [6.45, 7) is 6.18. The fourth-order valence-electron chi connectivity index (χ4n) is 5.63. The molecule has 0 aromatic heterocycles. The molecule has 0 amide bonds. The number of nitrogens with one attached hydrogen (secondary N) is 1. The molecule has 0 unspecified atom stereocenters. The maximum atomic E-state index is 13.1. The highest BCUT2D eigenvalue weighted by molar-refractivity contribution is 7.91. The topological polar surface area (TPSA) is 479 Å². The Balaban J connectivity index is 1.49. The maximum Gasteiger partial charge on any atom is 0.397 e. The molecule has 12 N–H and O–H groups in total. The van der Waals surface area contributed by atoms with Crippen LogP contribution in [0.5, 0.6) is 5.75 Å². The van der Waals surface area contributed by atoms with Crippen molar-refractivity contribution in [2.75, 3.05) is 29.6 Å². The number of rotatable bonds is 19. The molecular formula is C36H34N10O18S6. The lowest BCUT2D eigenvalue weighted by Gasteiger charge is -2.14. The van der Waals surface area contributed by atoms with E-state index in [4.69, 9.17) is 21.8 Å². The van der Waals surface area contributed by atoms with Crippen LogP contribution in [-0.2, 0) is 64.8 Å². The predicted molar refractivity (Wildman–Crippen MR) is 248 cm³/mol. The third-order valence-electron chi connectivity index (χ3n) is 8.78. The number of aromatic hydroxyl groups is 1. The lowest BCUT2D eigenvalue weighted by Crippen LogP contribution is -2.21. The lowest BCUT2D eigenvalue weighted by molar-refractivity contribution is 0.284. The molecule has 5 aromatic rings. The van der Waals surface area contributed by atoms with Crippen LogP contribution in [-0.4, -0.2) is 86.2 Å². The van der Waals surface area contributed by atoms with Gasteiger partial charge in [-0.15, -0.1) is 20.5 Å². The van der Waals surface area contributed by atoms with Gasteiger partial charge in [0, 0.05) is 16.8 Å². The van der Waals surface area contributed by atoms with Crippen molar-refractivity contribution in [1.82, 2.24) is 4.72 Å². The van der Waals surface area contributed by atoms with E-state index >= 15 is 0 Å². The van der Waals surface area contributed by atoms with Crippen molar-refractivity contribution in [2.45, 2.75) is 24.5 Å². The third kappa shape index (κ3) is 13.3. The Labute approximate surface area is 397 Å². The summed E-state index contributed by atoms with van der Waals surface area (Å²) in [5, 5.41) is 32.2. The van der Waals surface area contributed by atoms with Crippen molar-refractivity contribution < 1.29 is 78.0 Å². The van der Waals surface area contributed by atoms with Crippen LogP contribution in [0.25, 0.3) is 10.8 Å². The number of benzene rings is 5. The molecule has 0 bridgehead atoms. The van der Waals surface area contributed by atoms with Crippen molar-refractivity contribution in [3.05, 3.63) is 110 Å². The van der Waals surface area contributed by atoms with Crippen LogP contribution < -0.4 is 21.9 Å². The van der Waals surface area contributed by atoms with Crippen LogP contribution in [0, 0.1) is 0 Å². The fraction of sp³-hybridized carbons (Fsp3) is 0.0556. The molecular weight excluding hydrogens is 1050 g/mol. The zero-order chi connectivity index (χ0) is 52.4. The zero-order valence-electron chi connectivity index (χ0n) is 34.8. The Kier molecular flexibility index (Phi) is 15.4. The minimum absolute atomic E-state index is 0.0919. The molecule has 28 nitrogen and oxygen atoms in total.